The molecule has 2 aliphatic rings. The smallest absolute Gasteiger partial charge is 0.369 e. The van der Waals surface area contributed by atoms with E-state index in [1.165, 1.54) is 24.0 Å². The first kappa shape index (κ1) is 26.0. The van der Waals surface area contributed by atoms with Crippen molar-refractivity contribution in [3.8, 4) is 0 Å². The number of anilines is 4. The van der Waals surface area contributed by atoms with Gasteiger partial charge in [0.1, 0.15) is 5.69 Å². The second-order valence-corrected chi connectivity index (χ2v) is 9.89. The van der Waals surface area contributed by atoms with Crippen molar-refractivity contribution in [2.24, 2.45) is 4.99 Å². The van der Waals surface area contributed by atoms with E-state index in [4.69, 9.17) is 4.98 Å². The molecule has 5 rings (SSSR count). The summed E-state index contributed by atoms with van der Waals surface area (Å²) in [5.41, 5.74) is 2.49. The summed E-state index contributed by atoms with van der Waals surface area (Å²) >= 11 is 0. The van der Waals surface area contributed by atoms with Crippen LogP contribution in [-0.2, 0) is 6.18 Å². The Labute approximate surface area is 220 Å². The van der Waals surface area contributed by atoms with Crippen molar-refractivity contribution in [2.45, 2.75) is 37.9 Å². The third kappa shape index (κ3) is 6.61. The summed E-state index contributed by atoms with van der Waals surface area (Å²) in [5, 5.41) is 6.77. The van der Waals surface area contributed by atoms with E-state index in [0.717, 1.165) is 69.7 Å². The van der Waals surface area contributed by atoms with Gasteiger partial charge < -0.3 is 20.4 Å². The number of benzene rings is 2. The zero-order valence-electron chi connectivity index (χ0n) is 21.4. The van der Waals surface area contributed by atoms with Crippen LogP contribution in [0.3, 0.4) is 0 Å². The first-order valence-corrected chi connectivity index (χ1v) is 13.0. The van der Waals surface area contributed by atoms with E-state index in [0.29, 0.717) is 29.1 Å². The van der Waals surface area contributed by atoms with Gasteiger partial charge in [0.15, 0.2) is 5.82 Å². The highest BCUT2D eigenvalue weighted by atomic mass is 19.4. The van der Waals surface area contributed by atoms with Crippen molar-refractivity contribution in [3.63, 3.8) is 0 Å². The lowest BCUT2D eigenvalue weighted by molar-refractivity contribution is -0.137. The third-order valence-corrected chi connectivity index (χ3v) is 7.05. The molecule has 38 heavy (non-hydrogen) atoms. The standard InChI is InChI=1S/C28H32F3N7/c1-37-14-16-38(17-15-37)24-12-10-23(11-13-24)35-27-33-19-25(26(36-27)34-22-4-2-3-5-22)32-18-20-6-8-21(9-7-20)28(29,30)31/h6-13,18-19,22H,2-5,14-17H2,1H3,(H2,33,34,35,36). The number of hydrogen-bond acceptors (Lipinski definition) is 7. The first-order valence-electron chi connectivity index (χ1n) is 13.0. The third-order valence-electron chi connectivity index (χ3n) is 7.05. The van der Waals surface area contributed by atoms with Gasteiger partial charge >= 0.3 is 6.18 Å². The largest absolute Gasteiger partial charge is 0.416 e. The molecule has 2 aromatic carbocycles. The van der Waals surface area contributed by atoms with Crippen molar-refractivity contribution in [1.29, 1.82) is 0 Å². The summed E-state index contributed by atoms with van der Waals surface area (Å²) in [6.07, 6.45) is 3.24. The van der Waals surface area contributed by atoms with Crippen molar-refractivity contribution in [1.82, 2.24) is 14.9 Å². The topological polar surface area (TPSA) is 68.7 Å². The van der Waals surface area contributed by atoms with E-state index in [1.807, 2.05) is 12.1 Å². The van der Waals surface area contributed by atoms with Gasteiger partial charge in [0.05, 0.1) is 11.8 Å². The quantitative estimate of drug-likeness (QED) is 0.365. The van der Waals surface area contributed by atoms with Gasteiger partial charge in [0.2, 0.25) is 5.95 Å². The minimum atomic E-state index is -4.37. The molecule has 0 amide bonds. The van der Waals surface area contributed by atoms with Crippen LogP contribution < -0.4 is 15.5 Å². The Morgan fingerprint density at radius 3 is 2.29 bits per heavy atom. The fraction of sp³-hybridized carbons (Fsp3) is 0.393. The average Bonchev–Trinajstić information content (AvgIpc) is 3.42. The highest BCUT2D eigenvalue weighted by molar-refractivity contribution is 5.83. The van der Waals surface area contributed by atoms with Crippen molar-refractivity contribution in [2.75, 3.05) is 48.8 Å². The van der Waals surface area contributed by atoms with E-state index in [1.54, 1.807) is 6.20 Å². The van der Waals surface area contributed by atoms with Gasteiger partial charge in [-0.25, -0.2) is 4.98 Å². The molecule has 1 saturated heterocycles. The fourth-order valence-electron chi connectivity index (χ4n) is 4.75. The number of nitrogens with zero attached hydrogens (tertiary/aromatic N) is 5. The van der Waals surface area contributed by atoms with Gasteiger partial charge in [-0.3, -0.25) is 4.99 Å². The van der Waals surface area contributed by atoms with E-state index in [-0.39, 0.29) is 0 Å². The lowest BCUT2D eigenvalue weighted by atomic mass is 10.1. The van der Waals surface area contributed by atoms with Gasteiger partial charge in [-0.15, -0.1) is 0 Å². The van der Waals surface area contributed by atoms with Gasteiger partial charge in [-0.05, 0) is 61.9 Å². The highest BCUT2D eigenvalue weighted by Gasteiger charge is 2.29. The molecule has 0 radical (unpaired) electrons. The molecule has 2 fully saturated rings. The summed E-state index contributed by atoms with van der Waals surface area (Å²) in [4.78, 5) is 18.4. The summed E-state index contributed by atoms with van der Waals surface area (Å²) in [6, 6.07) is 13.5. The van der Waals surface area contributed by atoms with E-state index < -0.39 is 11.7 Å². The Bertz CT molecular complexity index is 1230. The van der Waals surface area contributed by atoms with Crippen LogP contribution >= 0.6 is 0 Å². The Hall–Kier alpha value is -3.66. The second kappa shape index (κ2) is 11.4. The summed E-state index contributed by atoms with van der Waals surface area (Å²) < 4.78 is 38.6. The normalized spacial score (nSPS) is 17.3. The molecule has 2 heterocycles. The Balaban J connectivity index is 1.31. The van der Waals surface area contributed by atoms with Crippen molar-refractivity contribution in [3.05, 3.63) is 65.9 Å². The van der Waals surface area contributed by atoms with E-state index >= 15 is 0 Å². The maximum absolute atomic E-state index is 12.9. The van der Waals surface area contributed by atoms with Gasteiger partial charge in [-0.2, -0.15) is 18.2 Å². The number of aromatic nitrogens is 2. The fourth-order valence-corrected chi connectivity index (χ4v) is 4.75. The molecule has 200 valence electrons. The van der Waals surface area contributed by atoms with Crippen LogP contribution in [0.4, 0.5) is 42.0 Å². The maximum Gasteiger partial charge on any atom is 0.416 e. The van der Waals surface area contributed by atoms with Crippen LogP contribution in [0.15, 0.2) is 59.7 Å². The Morgan fingerprint density at radius 2 is 1.63 bits per heavy atom. The van der Waals surface area contributed by atoms with Crippen LogP contribution in [0.5, 0.6) is 0 Å². The molecule has 0 spiro atoms. The lowest BCUT2D eigenvalue weighted by Crippen LogP contribution is -2.44. The number of hydrogen-bond donors (Lipinski definition) is 2. The molecule has 2 N–H and O–H groups in total. The molecule has 1 aliphatic carbocycles. The lowest BCUT2D eigenvalue weighted by Gasteiger charge is -2.34. The minimum Gasteiger partial charge on any atom is -0.369 e. The van der Waals surface area contributed by atoms with E-state index in [2.05, 4.69) is 49.6 Å². The average molecular weight is 524 g/mol. The number of alkyl halides is 3. The predicted octanol–water partition coefficient (Wildman–Crippen LogP) is 6.10. The van der Waals surface area contributed by atoms with Crippen molar-refractivity contribution >= 4 is 35.0 Å². The zero-order chi connectivity index (χ0) is 26.5. The predicted molar refractivity (Wildman–Crippen MR) is 146 cm³/mol. The molecular formula is C28H32F3N7. The first-order chi connectivity index (χ1) is 18.3. The number of rotatable bonds is 7. The number of halogens is 3. The zero-order valence-corrected chi connectivity index (χ0v) is 21.4. The van der Waals surface area contributed by atoms with Crippen LogP contribution in [0, 0.1) is 0 Å². The maximum atomic E-state index is 12.9. The van der Waals surface area contributed by atoms with Crippen LogP contribution in [0.1, 0.15) is 36.8 Å². The molecule has 1 aliphatic heterocycles. The molecule has 3 aromatic rings. The Kier molecular flexibility index (Phi) is 7.78. The van der Waals surface area contributed by atoms with Gasteiger partial charge in [-0.1, -0.05) is 25.0 Å². The summed E-state index contributed by atoms with van der Waals surface area (Å²) in [6.45, 7) is 4.13. The molecule has 0 atom stereocenters. The monoisotopic (exact) mass is 523 g/mol. The van der Waals surface area contributed by atoms with Crippen molar-refractivity contribution < 1.29 is 13.2 Å². The number of piperazine rings is 1. The highest BCUT2D eigenvalue weighted by Crippen LogP contribution is 2.31. The number of likely N-dealkylation sites (N-methyl/N-ethyl adjacent to an activating group) is 1. The molecule has 10 heteroatoms. The van der Waals surface area contributed by atoms with Crippen LogP contribution in [0.2, 0.25) is 0 Å². The van der Waals surface area contributed by atoms with E-state index in [9.17, 15) is 13.2 Å². The summed E-state index contributed by atoms with van der Waals surface area (Å²) in [7, 11) is 2.14. The Morgan fingerprint density at radius 1 is 0.947 bits per heavy atom. The molecule has 0 unspecified atom stereocenters. The molecule has 7 nitrogen and oxygen atoms in total. The van der Waals surface area contributed by atoms with Crippen LogP contribution in [0.25, 0.3) is 0 Å². The minimum absolute atomic E-state index is 0.306. The van der Waals surface area contributed by atoms with Gasteiger partial charge in [0.25, 0.3) is 0 Å². The molecular weight excluding hydrogens is 491 g/mol. The number of nitrogens with one attached hydrogen (secondary N) is 2. The summed E-state index contributed by atoms with van der Waals surface area (Å²) in [5.74, 6) is 1.05. The SMILES string of the molecule is CN1CCN(c2ccc(Nc3ncc(N=Cc4ccc(C(F)(F)F)cc4)c(NC4CCCC4)n3)cc2)CC1. The second-order valence-electron chi connectivity index (χ2n) is 9.89. The van der Waals surface area contributed by atoms with Gasteiger partial charge in [0, 0.05) is 49.8 Å². The molecule has 1 saturated carbocycles. The molecule has 1 aromatic heterocycles. The molecule has 0 bridgehead atoms. The number of aliphatic imine (C=N–C) groups is 1. The van der Waals surface area contributed by atoms with Crippen LogP contribution in [-0.4, -0.2) is 60.4 Å².